The molecule has 3 rings (SSSR count). The summed E-state index contributed by atoms with van der Waals surface area (Å²) in [5, 5.41) is 12.8. The van der Waals surface area contributed by atoms with Crippen molar-refractivity contribution < 1.29 is 13.9 Å². The molecule has 0 aliphatic rings. The summed E-state index contributed by atoms with van der Waals surface area (Å²) in [6, 6.07) is 9.60. The third kappa shape index (κ3) is 3.38. The fourth-order valence-electron chi connectivity index (χ4n) is 2.13. The highest BCUT2D eigenvalue weighted by molar-refractivity contribution is 8.00. The Hall–Kier alpha value is -2.48. The van der Waals surface area contributed by atoms with E-state index in [1.165, 1.54) is 28.4 Å². The molecule has 0 saturated carbocycles. The van der Waals surface area contributed by atoms with Crippen molar-refractivity contribution in [3.8, 4) is 11.4 Å². The zero-order valence-corrected chi connectivity index (χ0v) is 14.0. The molecular formula is C16H15FN4O2S. The van der Waals surface area contributed by atoms with E-state index in [4.69, 9.17) is 4.74 Å². The van der Waals surface area contributed by atoms with E-state index in [0.717, 1.165) is 0 Å². The number of thioether (sulfide) groups is 1. The number of nitrogens with zero attached hydrogens (tertiary/aromatic N) is 4. The van der Waals surface area contributed by atoms with Gasteiger partial charge in [-0.05, 0) is 38.1 Å². The minimum atomic E-state index is -0.385. The number of carbonyl (C=O) groups excluding carboxylic acids is 1. The molecule has 124 valence electrons. The summed E-state index contributed by atoms with van der Waals surface area (Å²) in [5.41, 5.74) is 1.12. The van der Waals surface area contributed by atoms with Gasteiger partial charge < -0.3 is 4.74 Å². The lowest BCUT2D eigenvalue weighted by Gasteiger charge is -2.09. The van der Waals surface area contributed by atoms with Crippen LogP contribution in [0.1, 0.15) is 13.8 Å². The van der Waals surface area contributed by atoms with Crippen LogP contribution in [0.5, 0.6) is 0 Å². The number of fused-ring (bicyclic) bond motifs is 1. The first-order valence-corrected chi connectivity index (χ1v) is 8.28. The van der Waals surface area contributed by atoms with E-state index in [2.05, 4.69) is 15.3 Å². The minimum Gasteiger partial charge on any atom is -0.465 e. The van der Waals surface area contributed by atoms with Crippen LogP contribution in [0.3, 0.4) is 0 Å². The largest absolute Gasteiger partial charge is 0.465 e. The number of benzene rings is 1. The van der Waals surface area contributed by atoms with Gasteiger partial charge in [0.05, 0.1) is 6.61 Å². The normalized spacial score (nSPS) is 12.3. The Morgan fingerprint density at radius 2 is 2.17 bits per heavy atom. The SMILES string of the molecule is CCOC(=O)[C@@H](C)Sc1ccc2nnc(-c3cccc(F)c3)n2n1. The first kappa shape index (κ1) is 16.4. The monoisotopic (exact) mass is 346 g/mol. The molecule has 0 aliphatic heterocycles. The van der Waals surface area contributed by atoms with Gasteiger partial charge in [-0.2, -0.15) is 9.61 Å². The highest BCUT2D eigenvalue weighted by Gasteiger charge is 2.17. The van der Waals surface area contributed by atoms with Crippen molar-refractivity contribution in [2.24, 2.45) is 0 Å². The van der Waals surface area contributed by atoms with Gasteiger partial charge in [0.2, 0.25) is 0 Å². The molecule has 2 aromatic heterocycles. The highest BCUT2D eigenvalue weighted by Crippen LogP contribution is 2.24. The van der Waals surface area contributed by atoms with Crippen molar-refractivity contribution in [3.63, 3.8) is 0 Å². The molecule has 3 aromatic rings. The van der Waals surface area contributed by atoms with Gasteiger partial charge in [-0.3, -0.25) is 4.79 Å². The second kappa shape index (κ2) is 6.96. The Balaban J connectivity index is 1.93. The lowest BCUT2D eigenvalue weighted by atomic mass is 10.2. The molecule has 24 heavy (non-hydrogen) atoms. The fraction of sp³-hybridized carbons (Fsp3) is 0.250. The molecular weight excluding hydrogens is 331 g/mol. The molecule has 1 atom stereocenters. The number of halogens is 1. The van der Waals surface area contributed by atoms with E-state index in [0.29, 0.717) is 28.7 Å². The van der Waals surface area contributed by atoms with Gasteiger partial charge in [-0.15, -0.1) is 10.2 Å². The fourth-order valence-corrected chi connectivity index (χ4v) is 2.93. The third-order valence-corrected chi connectivity index (χ3v) is 4.24. The van der Waals surface area contributed by atoms with Crippen molar-refractivity contribution in [2.75, 3.05) is 6.61 Å². The number of hydrogen-bond donors (Lipinski definition) is 0. The number of esters is 1. The standard InChI is InChI=1S/C16H15FN4O2S/c1-3-23-16(22)10(2)24-14-8-7-13-18-19-15(21(13)20-14)11-5-4-6-12(17)9-11/h4-10H,3H2,1-2H3/t10-/m1/s1. The second-order valence-corrected chi connectivity index (χ2v) is 6.35. The molecule has 0 aliphatic carbocycles. The van der Waals surface area contributed by atoms with Gasteiger partial charge in [0.15, 0.2) is 11.5 Å². The van der Waals surface area contributed by atoms with Gasteiger partial charge in [-0.25, -0.2) is 4.39 Å². The third-order valence-electron chi connectivity index (χ3n) is 3.24. The number of aromatic nitrogens is 4. The Kier molecular flexibility index (Phi) is 4.75. The van der Waals surface area contributed by atoms with Gasteiger partial charge >= 0.3 is 5.97 Å². The number of rotatable bonds is 5. The Bertz CT molecular complexity index is 883. The topological polar surface area (TPSA) is 69.4 Å². The molecule has 0 fully saturated rings. The summed E-state index contributed by atoms with van der Waals surface area (Å²) in [6.45, 7) is 3.86. The summed E-state index contributed by atoms with van der Waals surface area (Å²) in [6.07, 6.45) is 0. The molecule has 0 saturated heterocycles. The first-order chi connectivity index (χ1) is 11.6. The highest BCUT2D eigenvalue weighted by atomic mass is 32.2. The van der Waals surface area contributed by atoms with Crippen molar-refractivity contribution >= 4 is 23.4 Å². The quantitative estimate of drug-likeness (QED) is 0.522. The minimum absolute atomic E-state index is 0.293. The van der Waals surface area contributed by atoms with E-state index < -0.39 is 0 Å². The van der Waals surface area contributed by atoms with Crippen LogP contribution in [0, 0.1) is 5.82 Å². The van der Waals surface area contributed by atoms with Crippen molar-refractivity contribution in [1.82, 2.24) is 19.8 Å². The van der Waals surface area contributed by atoms with E-state index >= 15 is 0 Å². The van der Waals surface area contributed by atoms with Crippen LogP contribution in [0.25, 0.3) is 17.0 Å². The molecule has 0 spiro atoms. The van der Waals surface area contributed by atoms with Crippen LogP contribution < -0.4 is 0 Å². The maximum Gasteiger partial charge on any atom is 0.319 e. The zero-order chi connectivity index (χ0) is 17.1. The number of ether oxygens (including phenoxy) is 1. The van der Waals surface area contributed by atoms with Crippen molar-refractivity contribution in [3.05, 3.63) is 42.2 Å². The molecule has 0 amide bonds. The van der Waals surface area contributed by atoms with E-state index in [1.807, 2.05) is 0 Å². The van der Waals surface area contributed by atoms with Crippen molar-refractivity contribution in [2.45, 2.75) is 24.1 Å². The molecule has 6 nitrogen and oxygen atoms in total. The van der Waals surface area contributed by atoms with Crippen LogP contribution in [0.15, 0.2) is 41.4 Å². The predicted octanol–water partition coefficient (Wildman–Crippen LogP) is 2.97. The van der Waals surface area contributed by atoms with Crippen molar-refractivity contribution in [1.29, 1.82) is 0 Å². The molecule has 0 N–H and O–H groups in total. The Morgan fingerprint density at radius 1 is 1.33 bits per heavy atom. The Morgan fingerprint density at radius 3 is 2.92 bits per heavy atom. The lowest BCUT2D eigenvalue weighted by molar-refractivity contribution is -0.142. The smallest absolute Gasteiger partial charge is 0.319 e. The maximum atomic E-state index is 13.4. The van der Waals surface area contributed by atoms with Crippen LogP contribution in [0.2, 0.25) is 0 Å². The summed E-state index contributed by atoms with van der Waals surface area (Å²) in [7, 11) is 0. The average molecular weight is 346 g/mol. The van der Waals surface area contributed by atoms with Gasteiger partial charge in [0.25, 0.3) is 0 Å². The van der Waals surface area contributed by atoms with E-state index in [9.17, 15) is 9.18 Å². The van der Waals surface area contributed by atoms with Crippen LogP contribution in [0.4, 0.5) is 4.39 Å². The molecule has 1 aromatic carbocycles. The second-order valence-electron chi connectivity index (χ2n) is 4.99. The predicted molar refractivity (Wildman–Crippen MR) is 88.1 cm³/mol. The number of carbonyl (C=O) groups is 1. The lowest BCUT2D eigenvalue weighted by Crippen LogP contribution is -2.17. The zero-order valence-electron chi connectivity index (χ0n) is 13.1. The van der Waals surface area contributed by atoms with Crippen LogP contribution in [-0.4, -0.2) is 37.6 Å². The molecule has 0 unspecified atom stereocenters. The van der Waals surface area contributed by atoms with Crippen LogP contribution >= 0.6 is 11.8 Å². The molecule has 8 heteroatoms. The Labute approximate surface area is 142 Å². The average Bonchev–Trinajstić information content (AvgIpc) is 2.98. The van der Waals surface area contributed by atoms with Gasteiger partial charge in [0, 0.05) is 5.56 Å². The summed E-state index contributed by atoms with van der Waals surface area (Å²) < 4.78 is 20.0. The summed E-state index contributed by atoms with van der Waals surface area (Å²) in [4.78, 5) is 11.7. The number of hydrogen-bond acceptors (Lipinski definition) is 6. The molecule has 2 heterocycles. The van der Waals surface area contributed by atoms with Gasteiger partial charge in [0.1, 0.15) is 16.1 Å². The summed E-state index contributed by atoms with van der Waals surface area (Å²) >= 11 is 1.28. The van der Waals surface area contributed by atoms with E-state index in [-0.39, 0.29) is 17.0 Å². The van der Waals surface area contributed by atoms with Crippen LogP contribution in [-0.2, 0) is 9.53 Å². The van der Waals surface area contributed by atoms with Gasteiger partial charge in [-0.1, -0.05) is 23.9 Å². The first-order valence-electron chi connectivity index (χ1n) is 7.40. The summed E-state index contributed by atoms with van der Waals surface area (Å²) in [5.74, 6) is -0.208. The maximum absolute atomic E-state index is 13.4. The molecule has 0 radical (unpaired) electrons. The molecule has 0 bridgehead atoms. The van der Waals surface area contributed by atoms with E-state index in [1.54, 1.807) is 38.1 Å².